The average Bonchev–Trinajstić information content (AvgIpc) is 2.95. The lowest BCUT2D eigenvalue weighted by atomic mass is 9.66. The predicted molar refractivity (Wildman–Crippen MR) is 118 cm³/mol. The first kappa shape index (κ1) is 22.2. The van der Waals surface area contributed by atoms with Crippen LogP contribution in [-0.2, 0) is 14.9 Å². The van der Waals surface area contributed by atoms with Crippen LogP contribution in [0.4, 0.5) is 10.5 Å². The van der Waals surface area contributed by atoms with Crippen LogP contribution >= 0.6 is 0 Å². The first-order valence-electron chi connectivity index (χ1n) is 10.1. The molecule has 1 aliphatic heterocycles. The predicted octanol–water partition coefficient (Wildman–Crippen LogP) is 4.84. The number of hydrogen-bond donors (Lipinski definition) is 0. The van der Waals surface area contributed by atoms with Crippen LogP contribution in [0.25, 0.3) is 0 Å². The number of amides is 2. The van der Waals surface area contributed by atoms with Gasteiger partial charge in [0.1, 0.15) is 5.60 Å². The van der Waals surface area contributed by atoms with E-state index in [1.165, 1.54) is 0 Å². The molecule has 0 unspecified atom stereocenters. The number of fused-ring (bicyclic) bond motifs is 1. The maximum Gasteiger partial charge on any atom is 0.421 e. The lowest BCUT2D eigenvalue weighted by molar-refractivity contribution is -0.485. The average molecular weight is 422 g/mol. The van der Waals surface area contributed by atoms with Crippen molar-refractivity contribution in [3.8, 4) is 0 Å². The van der Waals surface area contributed by atoms with Crippen molar-refractivity contribution < 1.29 is 19.2 Å². The summed E-state index contributed by atoms with van der Waals surface area (Å²) >= 11 is 0. The molecule has 2 aromatic carbocycles. The van der Waals surface area contributed by atoms with Gasteiger partial charge in [-0.2, -0.15) is 0 Å². The summed E-state index contributed by atoms with van der Waals surface area (Å²) in [5, 5.41) is 11.7. The zero-order valence-electron chi connectivity index (χ0n) is 17.9. The Balaban J connectivity index is 2.25. The van der Waals surface area contributed by atoms with Crippen molar-refractivity contribution in [2.45, 2.75) is 44.1 Å². The Hall–Kier alpha value is -3.48. The Labute approximate surface area is 181 Å². The van der Waals surface area contributed by atoms with Crippen molar-refractivity contribution in [2.75, 3.05) is 11.4 Å². The molecule has 7 nitrogen and oxygen atoms in total. The monoisotopic (exact) mass is 422 g/mol. The summed E-state index contributed by atoms with van der Waals surface area (Å²) in [4.78, 5) is 39.2. The zero-order chi connectivity index (χ0) is 22.8. The number of anilines is 1. The number of allylic oxidation sites excluding steroid dienone is 1. The van der Waals surface area contributed by atoms with Crippen LogP contribution in [0.2, 0.25) is 0 Å². The fourth-order valence-electron chi connectivity index (χ4n) is 4.24. The summed E-state index contributed by atoms with van der Waals surface area (Å²) in [7, 11) is 0. The minimum atomic E-state index is -1.36. The Morgan fingerprint density at radius 2 is 1.81 bits per heavy atom. The van der Waals surface area contributed by atoms with Crippen LogP contribution in [0.3, 0.4) is 0 Å². The van der Waals surface area contributed by atoms with Gasteiger partial charge in [0.2, 0.25) is 12.5 Å². The number of carbonyl (C=O) groups is 2. The fourth-order valence-corrected chi connectivity index (χ4v) is 4.24. The van der Waals surface area contributed by atoms with E-state index in [1.807, 2.05) is 6.07 Å². The van der Waals surface area contributed by atoms with E-state index >= 15 is 0 Å². The van der Waals surface area contributed by atoms with Crippen molar-refractivity contribution in [2.24, 2.45) is 0 Å². The smallest absolute Gasteiger partial charge is 0.421 e. The second-order valence-electron chi connectivity index (χ2n) is 8.58. The Kier molecular flexibility index (Phi) is 5.97. The van der Waals surface area contributed by atoms with E-state index in [0.717, 1.165) is 4.90 Å². The Morgan fingerprint density at radius 1 is 1.19 bits per heavy atom. The molecule has 3 rings (SSSR count). The van der Waals surface area contributed by atoms with E-state index in [9.17, 15) is 19.7 Å². The van der Waals surface area contributed by atoms with Crippen molar-refractivity contribution in [3.05, 3.63) is 88.5 Å². The van der Waals surface area contributed by atoms with Crippen molar-refractivity contribution >= 4 is 17.7 Å². The highest BCUT2D eigenvalue weighted by atomic mass is 16.6. The van der Waals surface area contributed by atoms with Crippen LogP contribution < -0.4 is 4.90 Å². The number of imide groups is 1. The van der Waals surface area contributed by atoms with E-state index in [0.29, 0.717) is 16.8 Å². The molecule has 7 heteroatoms. The number of carbonyl (C=O) groups excluding carboxylic acids is 2. The van der Waals surface area contributed by atoms with Crippen LogP contribution in [0.15, 0.2) is 67.3 Å². The molecular weight excluding hydrogens is 396 g/mol. The van der Waals surface area contributed by atoms with Crippen molar-refractivity contribution in [1.29, 1.82) is 0 Å². The molecule has 0 bridgehead atoms. The molecule has 31 heavy (non-hydrogen) atoms. The minimum Gasteiger partial charge on any atom is -0.443 e. The molecule has 2 amide bonds. The zero-order valence-corrected chi connectivity index (χ0v) is 17.9. The Morgan fingerprint density at radius 3 is 2.39 bits per heavy atom. The van der Waals surface area contributed by atoms with Gasteiger partial charge >= 0.3 is 6.09 Å². The normalized spacial score (nSPS) is 18.9. The number of rotatable bonds is 6. The first-order chi connectivity index (χ1) is 14.6. The van der Waals surface area contributed by atoms with Gasteiger partial charge < -0.3 is 4.74 Å². The minimum absolute atomic E-state index is 0.134. The number of nitrogens with zero attached hydrogens (tertiary/aromatic N) is 2. The summed E-state index contributed by atoms with van der Waals surface area (Å²) in [6, 6.07) is 15.8. The summed E-state index contributed by atoms with van der Waals surface area (Å²) in [5.41, 5.74) is -0.580. The molecule has 1 aliphatic rings. The second kappa shape index (κ2) is 8.34. The van der Waals surface area contributed by atoms with Gasteiger partial charge in [-0.05, 0) is 44.4 Å². The van der Waals surface area contributed by atoms with E-state index in [4.69, 9.17) is 4.74 Å². The van der Waals surface area contributed by atoms with Gasteiger partial charge in [-0.3, -0.25) is 14.9 Å². The largest absolute Gasteiger partial charge is 0.443 e. The SMILES string of the molecule is C=CC[C@]1([C@@H](C[N+](=O)[O-])c2ccccc2)C(=O)N(C(=O)OC(C)(C)C)c2ccccc21. The number of benzene rings is 2. The molecule has 1 heterocycles. The molecule has 0 N–H and O–H groups in total. The van der Waals surface area contributed by atoms with Crippen molar-refractivity contribution in [3.63, 3.8) is 0 Å². The van der Waals surface area contributed by atoms with Crippen LogP contribution in [0.5, 0.6) is 0 Å². The van der Waals surface area contributed by atoms with Gasteiger partial charge in [-0.15, -0.1) is 6.58 Å². The summed E-state index contributed by atoms with van der Waals surface area (Å²) in [5.74, 6) is -1.35. The Bertz CT molecular complexity index is 1010. The molecule has 0 spiro atoms. The third-order valence-corrected chi connectivity index (χ3v) is 5.38. The molecule has 2 atom stereocenters. The molecule has 0 fully saturated rings. The lowest BCUT2D eigenvalue weighted by Crippen LogP contribution is -2.49. The van der Waals surface area contributed by atoms with Crippen molar-refractivity contribution in [1.82, 2.24) is 0 Å². The molecule has 0 saturated carbocycles. The third kappa shape index (κ3) is 4.08. The molecule has 2 aromatic rings. The molecule has 162 valence electrons. The lowest BCUT2D eigenvalue weighted by Gasteiger charge is -2.34. The van der Waals surface area contributed by atoms with Gasteiger partial charge in [-0.25, -0.2) is 9.69 Å². The molecule has 0 aromatic heterocycles. The van der Waals surface area contributed by atoms with E-state index < -0.39 is 40.4 Å². The van der Waals surface area contributed by atoms with Gasteiger partial charge in [0.25, 0.3) is 0 Å². The molecule has 0 saturated heterocycles. The molecule has 0 radical (unpaired) electrons. The quantitative estimate of drug-likeness (QED) is 0.377. The number of hydrogen-bond acceptors (Lipinski definition) is 5. The second-order valence-corrected chi connectivity index (χ2v) is 8.58. The van der Waals surface area contributed by atoms with Crippen LogP contribution in [0, 0.1) is 10.1 Å². The first-order valence-corrected chi connectivity index (χ1v) is 10.1. The fraction of sp³-hybridized carbons (Fsp3) is 0.333. The summed E-state index contributed by atoms with van der Waals surface area (Å²) < 4.78 is 5.49. The van der Waals surface area contributed by atoms with Gasteiger partial charge in [0.15, 0.2) is 0 Å². The van der Waals surface area contributed by atoms with Crippen LogP contribution in [-0.4, -0.2) is 29.1 Å². The number of para-hydroxylation sites is 1. The summed E-state index contributed by atoms with van der Waals surface area (Å²) in [6.45, 7) is 8.48. The standard InChI is InChI=1S/C24H26N2O5/c1-5-15-24(19(16-25(29)30)17-11-7-6-8-12-17)18-13-9-10-14-20(18)26(21(24)27)22(28)31-23(2,3)4/h5-14,19H,1,15-16H2,2-4H3/t19-,24-/m0/s1. The topological polar surface area (TPSA) is 89.8 Å². The highest BCUT2D eigenvalue weighted by molar-refractivity contribution is 6.21. The molecular formula is C24H26N2O5. The summed E-state index contributed by atoms with van der Waals surface area (Å²) in [6.07, 6.45) is 0.905. The van der Waals surface area contributed by atoms with Gasteiger partial charge in [-0.1, -0.05) is 54.6 Å². The van der Waals surface area contributed by atoms with Gasteiger partial charge in [0, 0.05) is 4.92 Å². The van der Waals surface area contributed by atoms with E-state index in [1.54, 1.807) is 75.4 Å². The van der Waals surface area contributed by atoms with Gasteiger partial charge in [0.05, 0.1) is 17.0 Å². The third-order valence-electron chi connectivity index (χ3n) is 5.38. The van der Waals surface area contributed by atoms with E-state index in [2.05, 4.69) is 6.58 Å². The maximum atomic E-state index is 14.0. The highest BCUT2D eigenvalue weighted by Crippen LogP contribution is 2.52. The number of nitro groups is 1. The maximum absolute atomic E-state index is 14.0. The number of ether oxygens (including phenoxy) is 1. The highest BCUT2D eigenvalue weighted by Gasteiger charge is 2.58. The van der Waals surface area contributed by atoms with E-state index in [-0.39, 0.29) is 6.42 Å². The molecule has 0 aliphatic carbocycles. The van der Waals surface area contributed by atoms with Crippen LogP contribution in [0.1, 0.15) is 44.2 Å².